The Hall–Kier alpha value is -5.19. The van der Waals surface area contributed by atoms with E-state index in [1.807, 2.05) is 98.0 Å². The fraction of sp³-hybridized carbons (Fsp3) is 0.111. The number of anilines is 3. The molecule has 1 heterocycles. The highest BCUT2D eigenvalue weighted by molar-refractivity contribution is 8.00. The van der Waals surface area contributed by atoms with Crippen molar-refractivity contribution in [3.8, 4) is 11.3 Å². The van der Waals surface area contributed by atoms with E-state index in [0.29, 0.717) is 16.4 Å². The molecule has 8 nitrogen and oxygen atoms in total. The maximum absolute atomic E-state index is 13.5. The van der Waals surface area contributed by atoms with Crippen LogP contribution in [0.15, 0.2) is 125 Å². The third kappa shape index (κ3) is 8.71. The third-order valence-corrected chi connectivity index (χ3v) is 8.68. The summed E-state index contributed by atoms with van der Waals surface area (Å²) in [6, 6.07) is 33.4. The number of hydrogen-bond donors (Lipinski definition) is 3. The Balaban J connectivity index is 1.26. The summed E-state index contributed by atoms with van der Waals surface area (Å²) in [6.45, 7) is 1.82. The van der Waals surface area contributed by atoms with Gasteiger partial charge in [-0.05, 0) is 61.0 Å². The van der Waals surface area contributed by atoms with Gasteiger partial charge in [-0.2, -0.15) is 0 Å². The minimum atomic E-state index is -0.480. The highest BCUT2D eigenvalue weighted by Crippen LogP contribution is 2.29. The smallest absolute Gasteiger partial charge is 0.272 e. The molecule has 5 rings (SSSR count). The topological polar surface area (TPSA) is 103 Å². The summed E-state index contributed by atoms with van der Waals surface area (Å²) in [6.07, 6.45) is 1.64. The number of nitrogens with zero attached hydrogens (tertiary/aromatic N) is 2. The lowest BCUT2D eigenvalue weighted by Gasteiger charge is -2.14. The fourth-order valence-electron chi connectivity index (χ4n) is 4.36. The minimum Gasteiger partial charge on any atom is -0.378 e. The number of rotatable bonds is 11. The predicted octanol–water partition coefficient (Wildman–Crippen LogP) is 7.41. The van der Waals surface area contributed by atoms with E-state index in [1.165, 1.54) is 23.1 Å². The van der Waals surface area contributed by atoms with E-state index in [9.17, 15) is 14.4 Å². The Morgan fingerprint density at radius 1 is 0.848 bits per heavy atom. The second-order valence-electron chi connectivity index (χ2n) is 10.5. The quantitative estimate of drug-likeness (QED) is 0.102. The van der Waals surface area contributed by atoms with E-state index in [1.54, 1.807) is 48.5 Å². The molecule has 0 fully saturated rings. The molecule has 5 aromatic rings. The van der Waals surface area contributed by atoms with Crippen LogP contribution in [-0.2, 0) is 9.59 Å². The molecular weight excluding hydrogens is 615 g/mol. The van der Waals surface area contributed by atoms with Crippen LogP contribution in [0.3, 0.4) is 0 Å². The van der Waals surface area contributed by atoms with Gasteiger partial charge in [-0.3, -0.25) is 14.4 Å². The van der Waals surface area contributed by atoms with Crippen LogP contribution in [0.1, 0.15) is 22.8 Å². The van der Waals surface area contributed by atoms with Crippen LogP contribution in [0.4, 0.5) is 16.5 Å². The average Bonchev–Trinajstić information content (AvgIpc) is 3.54. The standard InChI is InChI=1S/C36H33N5O3S2/c1-24(33(42)40-36-39-32(23-45-36)26-11-6-4-7-12-26)46-30-16-10-15-28(22-30)37-35(44)31(38-34(43)27-13-8-5-9-14-27)21-25-17-19-29(20-18-25)41(2)3/h4-24H,1-3H3,(H,37,44)(H,38,43)(H,39,40,42)/b31-21+. The summed E-state index contributed by atoms with van der Waals surface area (Å²) in [5.74, 6) is -1.05. The van der Waals surface area contributed by atoms with Crippen molar-refractivity contribution in [3.63, 3.8) is 0 Å². The van der Waals surface area contributed by atoms with Crippen molar-refractivity contribution in [2.24, 2.45) is 0 Å². The van der Waals surface area contributed by atoms with E-state index in [4.69, 9.17) is 0 Å². The largest absolute Gasteiger partial charge is 0.378 e. The number of thioether (sulfide) groups is 1. The van der Waals surface area contributed by atoms with Crippen molar-refractivity contribution >= 4 is 63.4 Å². The molecule has 4 aromatic carbocycles. The number of aromatic nitrogens is 1. The first-order chi connectivity index (χ1) is 22.2. The van der Waals surface area contributed by atoms with E-state index >= 15 is 0 Å². The van der Waals surface area contributed by atoms with Gasteiger partial charge in [0.05, 0.1) is 10.9 Å². The van der Waals surface area contributed by atoms with Crippen LogP contribution in [0.25, 0.3) is 17.3 Å². The van der Waals surface area contributed by atoms with Crippen LogP contribution >= 0.6 is 23.1 Å². The Morgan fingerprint density at radius 3 is 2.24 bits per heavy atom. The summed E-state index contributed by atoms with van der Waals surface area (Å²) >= 11 is 2.74. The summed E-state index contributed by atoms with van der Waals surface area (Å²) in [5, 5.41) is 10.6. The molecular formula is C36H33N5O3S2. The molecule has 10 heteroatoms. The first-order valence-corrected chi connectivity index (χ1v) is 16.3. The van der Waals surface area contributed by atoms with Gasteiger partial charge < -0.3 is 20.9 Å². The van der Waals surface area contributed by atoms with Gasteiger partial charge in [0.1, 0.15) is 5.70 Å². The third-order valence-electron chi connectivity index (χ3n) is 6.83. The predicted molar refractivity (Wildman–Crippen MR) is 189 cm³/mol. The first-order valence-electron chi connectivity index (χ1n) is 14.5. The summed E-state index contributed by atoms with van der Waals surface area (Å²) in [5.41, 5.74) is 4.61. The normalized spacial score (nSPS) is 11.8. The van der Waals surface area contributed by atoms with Crippen LogP contribution in [0.5, 0.6) is 0 Å². The van der Waals surface area contributed by atoms with Gasteiger partial charge in [0.2, 0.25) is 5.91 Å². The Labute approximate surface area is 276 Å². The van der Waals surface area contributed by atoms with E-state index in [0.717, 1.165) is 27.4 Å². The summed E-state index contributed by atoms with van der Waals surface area (Å²) in [7, 11) is 3.90. The van der Waals surface area contributed by atoms with Gasteiger partial charge in [-0.1, -0.05) is 66.7 Å². The molecule has 0 aliphatic heterocycles. The SMILES string of the molecule is CC(Sc1cccc(NC(=O)/C(=C\c2ccc(N(C)C)cc2)NC(=O)c2ccccc2)c1)C(=O)Nc1nc(-c2ccccc2)cs1. The zero-order valence-corrected chi connectivity index (χ0v) is 27.2. The molecule has 0 bridgehead atoms. The monoisotopic (exact) mass is 647 g/mol. The van der Waals surface area contributed by atoms with Crippen molar-refractivity contribution in [1.82, 2.24) is 10.3 Å². The summed E-state index contributed by atoms with van der Waals surface area (Å²) < 4.78 is 0. The van der Waals surface area contributed by atoms with E-state index in [2.05, 4.69) is 20.9 Å². The van der Waals surface area contributed by atoms with Gasteiger partial charge in [-0.15, -0.1) is 23.1 Å². The molecule has 46 heavy (non-hydrogen) atoms. The van der Waals surface area contributed by atoms with Gasteiger partial charge in [-0.25, -0.2) is 4.98 Å². The van der Waals surface area contributed by atoms with Crippen molar-refractivity contribution < 1.29 is 14.4 Å². The van der Waals surface area contributed by atoms with Crippen LogP contribution in [-0.4, -0.2) is 42.1 Å². The zero-order chi connectivity index (χ0) is 32.5. The number of carbonyl (C=O) groups is 3. The van der Waals surface area contributed by atoms with Gasteiger partial charge in [0.25, 0.3) is 11.8 Å². The Bertz CT molecular complexity index is 1840. The molecule has 0 spiro atoms. The number of nitrogens with one attached hydrogen (secondary N) is 3. The van der Waals surface area contributed by atoms with Crippen molar-refractivity contribution in [2.75, 3.05) is 29.6 Å². The molecule has 0 saturated heterocycles. The van der Waals surface area contributed by atoms with Crippen molar-refractivity contribution in [2.45, 2.75) is 17.1 Å². The molecule has 0 saturated carbocycles. The Morgan fingerprint density at radius 2 is 1.54 bits per heavy atom. The number of amides is 3. The molecule has 1 aromatic heterocycles. The number of thiazole rings is 1. The fourth-order valence-corrected chi connectivity index (χ4v) is 6.01. The van der Waals surface area contributed by atoms with Gasteiger partial charge in [0.15, 0.2) is 5.13 Å². The summed E-state index contributed by atoms with van der Waals surface area (Å²) in [4.78, 5) is 46.8. The lowest BCUT2D eigenvalue weighted by atomic mass is 10.1. The van der Waals surface area contributed by atoms with Crippen LogP contribution in [0.2, 0.25) is 0 Å². The van der Waals surface area contributed by atoms with E-state index < -0.39 is 17.1 Å². The lowest BCUT2D eigenvalue weighted by Crippen LogP contribution is -2.30. The highest BCUT2D eigenvalue weighted by Gasteiger charge is 2.18. The molecule has 1 atom stereocenters. The first kappa shape index (κ1) is 32.2. The number of benzene rings is 4. The van der Waals surface area contributed by atoms with Crippen LogP contribution < -0.4 is 20.9 Å². The highest BCUT2D eigenvalue weighted by atomic mass is 32.2. The molecule has 1 unspecified atom stereocenters. The molecule has 0 radical (unpaired) electrons. The van der Waals surface area contributed by atoms with E-state index in [-0.39, 0.29) is 11.6 Å². The second-order valence-corrected chi connectivity index (χ2v) is 12.8. The van der Waals surface area contributed by atoms with Gasteiger partial charge >= 0.3 is 0 Å². The number of carbonyl (C=O) groups excluding carboxylic acids is 3. The van der Waals surface area contributed by atoms with Gasteiger partial charge in [0, 0.05) is 46.9 Å². The molecule has 0 aliphatic carbocycles. The molecule has 3 amide bonds. The molecule has 232 valence electrons. The van der Waals surface area contributed by atoms with Crippen molar-refractivity contribution in [3.05, 3.63) is 131 Å². The lowest BCUT2D eigenvalue weighted by molar-refractivity contribution is -0.115. The van der Waals surface area contributed by atoms with Crippen molar-refractivity contribution in [1.29, 1.82) is 0 Å². The average molecular weight is 648 g/mol. The zero-order valence-electron chi connectivity index (χ0n) is 25.6. The van der Waals surface area contributed by atoms with Crippen LogP contribution in [0, 0.1) is 0 Å². The molecule has 3 N–H and O–H groups in total. The maximum Gasteiger partial charge on any atom is 0.272 e. The minimum absolute atomic E-state index is 0.0931. The Kier molecular flexibility index (Phi) is 10.6. The maximum atomic E-state index is 13.5. The molecule has 0 aliphatic rings. The number of hydrogen-bond acceptors (Lipinski definition) is 7. The second kappa shape index (κ2) is 15.2.